The van der Waals surface area contributed by atoms with Gasteiger partial charge in [-0.3, -0.25) is 4.98 Å². The van der Waals surface area contributed by atoms with Crippen LogP contribution in [0.1, 0.15) is 17.2 Å². The van der Waals surface area contributed by atoms with E-state index in [4.69, 9.17) is 5.73 Å². The normalized spacial score (nSPS) is 12.6. The Labute approximate surface area is 124 Å². The van der Waals surface area contributed by atoms with Crippen LogP contribution in [0.2, 0.25) is 0 Å². The lowest BCUT2D eigenvalue weighted by molar-refractivity contribution is 0.625. The van der Waals surface area contributed by atoms with Crippen molar-refractivity contribution in [3.05, 3.63) is 76.1 Å². The predicted molar refractivity (Wildman–Crippen MR) is 81.9 cm³/mol. The summed E-state index contributed by atoms with van der Waals surface area (Å²) in [5, 5.41) is 1.07. The fourth-order valence-corrected chi connectivity index (χ4v) is 2.81. The highest BCUT2D eigenvalue weighted by Crippen LogP contribution is 2.28. The smallest absolute Gasteiger partial charge is 0.124 e. The second-order valence-corrected chi connectivity index (χ2v) is 5.45. The molecule has 0 amide bonds. The van der Waals surface area contributed by atoms with E-state index < -0.39 is 0 Å². The van der Waals surface area contributed by atoms with Crippen molar-refractivity contribution >= 4 is 26.8 Å². The Bertz CT molecular complexity index is 773. The zero-order valence-electron chi connectivity index (χ0n) is 10.6. The minimum absolute atomic E-state index is 0.284. The fraction of sp³-hybridized carbons (Fsp3) is 0.0625. The molecule has 2 N–H and O–H groups in total. The van der Waals surface area contributed by atoms with E-state index in [0.29, 0.717) is 4.47 Å². The van der Waals surface area contributed by atoms with Crippen molar-refractivity contribution in [1.29, 1.82) is 0 Å². The van der Waals surface area contributed by atoms with Crippen LogP contribution in [-0.2, 0) is 0 Å². The summed E-state index contributed by atoms with van der Waals surface area (Å²) in [5.74, 6) is -0.284. The number of nitrogens with zero attached hydrogens (tertiary/aromatic N) is 1. The molecule has 0 fully saturated rings. The maximum atomic E-state index is 13.1. The number of nitrogens with two attached hydrogens (primary N) is 1. The molecule has 2 nitrogen and oxygen atoms in total. The van der Waals surface area contributed by atoms with E-state index in [1.165, 1.54) is 12.1 Å². The van der Waals surface area contributed by atoms with Crippen LogP contribution in [0.25, 0.3) is 10.9 Å². The molecule has 1 unspecified atom stereocenters. The highest BCUT2D eigenvalue weighted by molar-refractivity contribution is 9.10. The van der Waals surface area contributed by atoms with E-state index in [1.807, 2.05) is 30.3 Å². The first-order valence-corrected chi connectivity index (χ1v) is 6.99. The highest BCUT2D eigenvalue weighted by atomic mass is 79.9. The van der Waals surface area contributed by atoms with Gasteiger partial charge in [-0.05, 0) is 35.4 Å². The lowest BCUT2D eigenvalue weighted by Gasteiger charge is -2.15. The molecule has 1 aromatic heterocycles. The van der Waals surface area contributed by atoms with Crippen molar-refractivity contribution in [1.82, 2.24) is 4.98 Å². The van der Waals surface area contributed by atoms with Gasteiger partial charge in [-0.15, -0.1) is 0 Å². The standard InChI is InChI=1S/C16H12BrFN2/c17-14-9-12(18)5-6-13(14)16(19)11-4-3-10-2-1-7-20-15(10)8-11/h1-9,16H,19H2. The molecule has 0 saturated heterocycles. The molecule has 4 heteroatoms. The number of fused-ring (bicyclic) bond motifs is 1. The van der Waals surface area contributed by atoms with Gasteiger partial charge < -0.3 is 5.73 Å². The number of hydrogen-bond acceptors (Lipinski definition) is 2. The van der Waals surface area contributed by atoms with Crippen LogP contribution in [-0.4, -0.2) is 4.98 Å². The number of benzene rings is 2. The summed E-state index contributed by atoms with van der Waals surface area (Å²) in [5.41, 5.74) is 8.98. The lowest BCUT2D eigenvalue weighted by atomic mass is 9.98. The van der Waals surface area contributed by atoms with E-state index in [2.05, 4.69) is 20.9 Å². The third-order valence-corrected chi connectivity index (χ3v) is 3.97. The van der Waals surface area contributed by atoms with Gasteiger partial charge in [0, 0.05) is 16.1 Å². The highest BCUT2D eigenvalue weighted by Gasteiger charge is 2.13. The molecule has 0 aliphatic heterocycles. The molecule has 20 heavy (non-hydrogen) atoms. The Morgan fingerprint density at radius 1 is 1.10 bits per heavy atom. The quantitative estimate of drug-likeness (QED) is 0.765. The molecule has 0 spiro atoms. The Kier molecular flexibility index (Phi) is 3.51. The van der Waals surface area contributed by atoms with Crippen molar-refractivity contribution in [3.8, 4) is 0 Å². The minimum Gasteiger partial charge on any atom is -0.320 e. The first-order chi connectivity index (χ1) is 9.65. The van der Waals surface area contributed by atoms with Crippen LogP contribution in [0, 0.1) is 5.82 Å². The summed E-state index contributed by atoms with van der Waals surface area (Å²) in [4.78, 5) is 4.33. The molecular formula is C16H12BrFN2. The monoisotopic (exact) mass is 330 g/mol. The Morgan fingerprint density at radius 2 is 1.95 bits per heavy atom. The van der Waals surface area contributed by atoms with Gasteiger partial charge in [-0.25, -0.2) is 4.39 Å². The Morgan fingerprint density at radius 3 is 2.75 bits per heavy atom. The van der Waals surface area contributed by atoms with Gasteiger partial charge in [-0.1, -0.05) is 40.2 Å². The second-order valence-electron chi connectivity index (χ2n) is 4.60. The van der Waals surface area contributed by atoms with Crippen molar-refractivity contribution in [2.75, 3.05) is 0 Å². The topological polar surface area (TPSA) is 38.9 Å². The number of hydrogen-bond donors (Lipinski definition) is 1. The van der Waals surface area contributed by atoms with Crippen molar-refractivity contribution < 1.29 is 4.39 Å². The molecule has 1 atom stereocenters. The average molecular weight is 331 g/mol. The average Bonchev–Trinajstić information content (AvgIpc) is 2.46. The molecule has 0 saturated carbocycles. The summed E-state index contributed by atoms with van der Waals surface area (Å²) < 4.78 is 13.8. The van der Waals surface area contributed by atoms with Crippen molar-refractivity contribution in [2.24, 2.45) is 5.73 Å². The SMILES string of the molecule is NC(c1ccc2cccnc2c1)c1ccc(F)cc1Br. The van der Waals surface area contributed by atoms with Crippen LogP contribution in [0.5, 0.6) is 0 Å². The zero-order valence-corrected chi connectivity index (χ0v) is 12.1. The minimum atomic E-state index is -0.323. The lowest BCUT2D eigenvalue weighted by Crippen LogP contribution is -2.12. The van der Waals surface area contributed by atoms with Gasteiger partial charge in [0.15, 0.2) is 0 Å². The van der Waals surface area contributed by atoms with Crippen LogP contribution in [0.3, 0.4) is 0 Å². The molecule has 0 bridgehead atoms. The number of halogens is 2. The first-order valence-electron chi connectivity index (χ1n) is 6.20. The summed E-state index contributed by atoms with van der Waals surface area (Å²) in [6, 6.07) is 14.1. The molecule has 100 valence electrons. The number of rotatable bonds is 2. The van der Waals surface area contributed by atoms with Gasteiger partial charge in [0.2, 0.25) is 0 Å². The third kappa shape index (κ3) is 2.44. The molecule has 1 heterocycles. The van der Waals surface area contributed by atoms with Gasteiger partial charge in [0.25, 0.3) is 0 Å². The summed E-state index contributed by atoms with van der Waals surface area (Å²) >= 11 is 3.36. The van der Waals surface area contributed by atoms with Crippen LogP contribution in [0.15, 0.2) is 59.2 Å². The van der Waals surface area contributed by atoms with Crippen LogP contribution >= 0.6 is 15.9 Å². The molecule has 2 aromatic carbocycles. The zero-order chi connectivity index (χ0) is 14.1. The van der Waals surface area contributed by atoms with E-state index in [0.717, 1.165) is 22.0 Å². The second kappa shape index (κ2) is 5.31. The maximum Gasteiger partial charge on any atom is 0.124 e. The molecule has 0 radical (unpaired) electrons. The van der Waals surface area contributed by atoms with Gasteiger partial charge in [0.05, 0.1) is 11.6 Å². The fourth-order valence-electron chi connectivity index (χ4n) is 2.21. The maximum absolute atomic E-state index is 13.1. The molecular weight excluding hydrogens is 319 g/mol. The van der Waals surface area contributed by atoms with Crippen molar-refractivity contribution in [2.45, 2.75) is 6.04 Å². The van der Waals surface area contributed by atoms with E-state index in [1.54, 1.807) is 12.3 Å². The van der Waals surface area contributed by atoms with Gasteiger partial charge >= 0.3 is 0 Å². The molecule has 3 rings (SSSR count). The van der Waals surface area contributed by atoms with Crippen molar-refractivity contribution in [3.63, 3.8) is 0 Å². The summed E-state index contributed by atoms with van der Waals surface area (Å²) in [6.45, 7) is 0. The van der Waals surface area contributed by atoms with Gasteiger partial charge in [0.1, 0.15) is 5.82 Å². The molecule has 0 aliphatic rings. The largest absolute Gasteiger partial charge is 0.320 e. The Balaban J connectivity index is 2.05. The predicted octanol–water partition coefficient (Wildman–Crippen LogP) is 4.18. The third-order valence-electron chi connectivity index (χ3n) is 3.29. The molecule has 0 aliphatic carbocycles. The van der Waals surface area contributed by atoms with E-state index in [9.17, 15) is 4.39 Å². The number of aromatic nitrogens is 1. The van der Waals surface area contributed by atoms with E-state index in [-0.39, 0.29) is 11.9 Å². The number of pyridine rings is 1. The van der Waals surface area contributed by atoms with Gasteiger partial charge in [-0.2, -0.15) is 0 Å². The van der Waals surface area contributed by atoms with Crippen LogP contribution < -0.4 is 5.73 Å². The Hall–Kier alpha value is -1.78. The van der Waals surface area contributed by atoms with E-state index >= 15 is 0 Å². The first kappa shape index (κ1) is 13.2. The molecule has 3 aromatic rings. The van der Waals surface area contributed by atoms with Crippen LogP contribution in [0.4, 0.5) is 4.39 Å². The summed E-state index contributed by atoms with van der Waals surface area (Å²) in [6.07, 6.45) is 1.76. The summed E-state index contributed by atoms with van der Waals surface area (Å²) in [7, 11) is 0.